The minimum atomic E-state index is -0.758. The zero-order valence-corrected chi connectivity index (χ0v) is 13.6. The predicted molar refractivity (Wildman–Crippen MR) is 89.0 cm³/mol. The molecule has 1 aliphatic heterocycles. The third kappa shape index (κ3) is 3.54. The van der Waals surface area contributed by atoms with E-state index in [4.69, 9.17) is 9.47 Å². The molecule has 1 unspecified atom stereocenters. The van der Waals surface area contributed by atoms with Crippen LogP contribution in [0.3, 0.4) is 0 Å². The third-order valence-electron chi connectivity index (χ3n) is 4.30. The maximum Gasteiger partial charge on any atom is 0.317 e. The summed E-state index contributed by atoms with van der Waals surface area (Å²) < 4.78 is 11.3. The first-order valence-corrected chi connectivity index (χ1v) is 8.04. The summed E-state index contributed by atoms with van der Waals surface area (Å²) >= 11 is 0. The van der Waals surface area contributed by atoms with Crippen LogP contribution in [0.2, 0.25) is 0 Å². The number of benzene rings is 2. The van der Waals surface area contributed by atoms with Crippen molar-refractivity contribution in [2.75, 3.05) is 6.61 Å². The van der Waals surface area contributed by atoms with Gasteiger partial charge in [-0.2, -0.15) is 0 Å². The Kier molecular flexibility index (Phi) is 5.06. The van der Waals surface area contributed by atoms with Gasteiger partial charge < -0.3 is 9.47 Å². The van der Waals surface area contributed by atoms with Gasteiger partial charge in [-0.15, -0.1) is 0 Å². The van der Waals surface area contributed by atoms with Crippen LogP contribution in [0.25, 0.3) is 0 Å². The van der Waals surface area contributed by atoms with E-state index in [1.54, 1.807) is 0 Å². The van der Waals surface area contributed by atoms with Crippen molar-refractivity contribution < 1.29 is 19.1 Å². The quantitative estimate of drug-likeness (QED) is 0.604. The van der Waals surface area contributed by atoms with Crippen molar-refractivity contribution in [2.24, 2.45) is 11.8 Å². The minimum absolute atomic E-state index is 0.174. The molecule has 1 heterocycles. The molecule has 1 aliphatic rings. The molecule has 4 nitrogen and oxygen atoms in total. The van der Waals surface area contributed by atoms with E-state index in [-0.39, 0.29) is 11.7 Å². The molecule has 0 saturated carbocycles. The van der Waals surface area contributed by atoms with Crippen LogP contribution < -0.4 is 0 Å². The van der Waals surface area contributed by atoms with E-state index in [9.17, 15) is 9.59 Å². The largest absolute Gasteiger partial charge is 0.457 e. The fourth-order valence-corrected chi connectivity index (χ4v) is 3.13. The molecule has 2 aromatic carbocycles. The average molecular weight is 324 g/mol. The average Bonchev–Trinajstić information content (AvgIpc) is 2.93. The second-order valence-corrected chi connectivity index (χ2v) is 6.02. The van der Waals surface area contributed by atoms with Gasteiger partial charge in [0.1, 0.15) is 17.8 Å². The highest BCUT2D eigenvalue weighted by atomic mass is 16.6. The fraction of sp³-hybridized carbons (Fsp3) is 0.300. The Bertz CT molecular complexity index is 696. The molecule has 4 heteroatoms. The van der Waals surface area contributed by atoms with Crippen molar-refractivity contribution in [1.29, 1.82) is 0 Å². The minimum Gasteiger partial charge on any atom is -0.457 e. The van der Waals surface area contributed by atoms with Gasteiger partial charge in [0, 0.05) is 5.92 Å². The Morgan fingerprint density at radius 1 is 1.04 bits per heavy atom. The molecule has 1 saturated heterocycles. The molecule has 0 amide bonds. The van der Waals surface area contributed by atoms with Gasteiger partial charge in [0.05, 0.1) is 13.2 Å². The molecule has 3 atom stereocenters. The molecule has 0 bridgehead atoms. The van der Waals surface area contributed by atoms with Crippen LogP contribution in [0.1, 0.15) is 24.2 Å². The highest BCUT2D eigenvalue weighted by Crippen LogP contribution is 2.40. The van der Waals surface area contributed by atoms with Crippen molar-refractivity contribution in [3.05, 3.63) is 71.8 Å². The summed E-state index contributed by atoms with van der Waals surface area (Å²) in [5.74, 6) is -1.69. The van der Waals surface area contributed by atoms with E-state index in [1.165, 1.54) is 6.92 Å². The van der Waals surface area contributed by atoms with Gasteiger partial charge in [-0.05, 0) is 18.1 Å². The van der Waals surface area contributed by atoms with Crippen molar-refractivity contribution in [3.8, 4) is 0 Å². The number of hydrogen-bond donors (Lipinski definition) is 0. The summed E-state index contributed by atoms with van der Waals surface area (Å²) in [6.07, 6.45) is -0.441. The summed E-state index contributed by atoms with van der Waals surface area (Å²) in [6, 6.07) is 19.3. The molecular formula is C20H20O4. The zero-order valence-electron chi connectivity index (χ0n) is 13.6. The lowest BCUT2D eigenvalue weighted by Crippen LogP contribution is -2.27. The molecular weight excluding hydrogens is 304 g/mol. The monoisotopic (exact) mass is 324 g/mol. The molecule has 0 N–H and O–H groups in total. The van der Waals surface area contributed by atoms with Crippen LogP contribution in [0.5, 0.6) is 0 Å². The van der Waals surface area contributed by atoms with Gasteiger partial charge in [0.25, 0.3) is 0 Å². The number of rotatable bonds is 6. The number of cyclic esters (lactones) is 1. The normalized spacial score (nSPS) is 23.0. The van der Waals surface area contributed by atoms with Crippen LogP contribution in [0.4, 0.5) is 0 Å². The zero-order chi connectivity index (χ0) is 16.9. The fourth-order valence-electron chi connectivity index (χ4n) is 3.13. The van der Waals surface area contributed by atoms with E-state index >= 15 is 0 Å². The van der Waals surface area contributed by atoms with Crippen molar-refractivity contribution in [1.82, 2.24) is 0 Å². The molecule has 3 rings (SSSR count). The van der Waals surface area contributed by atoms with E-state index < -0.39 is 18.0 Å². The van der Waals surface area contributed by atoms with Crippen molar-refractivity contribution in [3.63, 3.8) is 0 Å². The van der Waals surface area contributed by atoms with Gasteiger partial charge in [-0.1, -0.05) is 60.7 Å². The van der Waals surface area contributed by atoms with Gasteiger partial charge in [0.2, 0.25) is 0 Å². The summed E-state index contributed by atoms with van der Waals surface area (Å²) in [5.41, 5.74) is 1.95. The number of carbonyl (C=O) groups is 2. The Labute approximate surface area is 141 Å². The lowest BCUT2D eigenvalue weighted by Gasteiger charge is -2.20. The number of Topliss-reactive ketones (excluding diaryl/α,β-unsaturated/α-hetero) is 1. The van der Waals surface area contributed by atoms with Crippen LogP contribution in [0.15, 0.2) is 60.7 Å². The molecule has 0 aliphatic carbocycles. The Hall–Kier alpha value is -2.46. The van der Waals surface area contributed by atoms with Gasteiger partial charge in [-0.3, -0.25) is 9.59 Å². The van der Waals surface area contributed by atoms with Crippen LogP contribution in [-0.2, 0) is 25.7 Å². The molecule has 1 fully saturated rings. The topological polar surface area (TPSA) is 52.6 Å². The number of carbonyl (C=O) groups excluding carboxylic acids is 2. The molecule has 0 spiro atoms. The Morgan fingerprint density at radius 3 is 2.29 bits per heavy atom. The first-order valence-electron chi connectivity index (χ1n) is 8.04. The number of hydrogen-bond acceptors (Lipinski definition) is 4. The van der Waals surface area contributed by atoms with E-state index in [1.807, 2.05) is 60.7 Å². The first-order chi connectivity index (χ1) is 11.7. The highest BCUT2D eigenvalue weighted by molar-refractivity contribution is 5.99. The lowest BCUT2D eigenvalue weighted by atomic mass is 9.85. The molecule has 24 heavy (non-hydrogen) atoms. The maximum atomic E-state index is 12.1. The van der Waals surface area contributed by atoms with Crippen LogP contribution >= 0.6 is 0 Å². The lowest BCUT2D eigenvalue weighted by molar-refractivity contribution is -0.146. The highest BCUT2D eigenvalue weighted by Gasteiger charge is 2.47. The van der Waals surface area contributed by atoms with E-state index in [2.05, 4.69) is 0 Å². The van der Waals surface area contributed by atoms with Gasteiger partial charge in [0.15, 0.2) is 0 Å². The third-order valence-corrected chi connectivity index (χ3v) is 4.30. The molecule has 2 aromatic rings. The Balaban J connectivity index is 1.74. The van der Waals surface area contributed by atoms with Gasteiger partial charge >= 0.3 is 5.97 Å². The van der Waals surface area contributed by atoms with E-state index in [0.29, 0.717) is 13.2 Å². The maximum absolute atomic E-state index is 12.1. The summed E-state index contributed by atoms with van der Waals surface area (Å²) in [7, 11) is 0. The Morgan fingerprint density at radius 2 is 1.67 bits per heavy atom. The summed E-state index contributed by atoms with van der Waals surface area (Å²) in [4.78, 5) is 24.1. The van der Waals surface area contributed by atoms with Crippen LogP contribution in [0, 0.1) is 11.8 Å². The summed E-state index contributed by atoms with van der Waals surface area (Å²) in [6.45, 7) is 2.17. The molecule has 0 aromatic heterocycles. The van der Waals surface area contributed by atoms with Crippen molar-refractivity contribution in [2.45, 2.75) is 19.6 Å². The first kappa shape index (κ1) is 16.4. The van der Waals surface area contributed by atoms with Crippen molar-refractivity contribution >= 4 is 11.8 Å². The predicted octanol–water partition coefficient (Wildman–Crippen LogP) is 3.32. The second-order valence-electron chi connectivity index (χ2n) is 6.02. The smallest absolute Gasteiger partial charge is 0.317 e. The number of ether oxygens (including phenoxy) is 2. The van der Waals surface area contributed by atoms with Gasteiger partial charge in [-0.25, -0.2) is 0 Å². The van der Waals surface area contributed by atoms with Crippen LogP contribution in [-0.4, -0.2) is 18.4 Å². The SMILES string of the molecule is CC(=O)C1C(=O)O[C@H](c2ccccc2)[C@H]1COCc1ccccc1. The summed E-state index contributed by atoms with van der Waals surface area (Å²) in [5, 5.41) is 0. The number of ketones is 1. The standard InChI is InChI=1S/C20H20O4/c1-14(21)18-17(13-23-12-15-8-4-2-5-9-15)19(24-20(18)22)16-10-6-3-7-11-16/h2-11,17-19H,12-13H2,1H3/t17-,18?,19+/m0/s1. The van der Waals surface area contributed by atoms with E-state index in [0.717, 1.165) is 11.1 Å². The molecule has 124 valence electrons. The second kappa shape index (κ2) is 7.41. The number of esters is 1. The molecule has 0 radical (unpaired) electrons.